The minimum atomic E-state index is -1.70. The summed E-state index contributed by atoms with van der Waals surface area (Å²) in [6, 6.07) is 0. The van der Waals surface area contributed by atoms with Crippen LogP contribution in [0, 0.1) is 0 Å². The number of aromatic nitrogens is 1. The zero-order chi connectivity index (χ0) is 11.7. The highest BCUT2D eigenvalue weighted by atomic mass is 32.1. The van der Waals surface area contributed by atoms with Gasteiger partial charge in [-0.2, -0.15) is 0 Å². The second-order valence-corrected chi connectivity index (χ2v) is 10.9. The van der Waals surface area contributed by atoms with Gasteiger partial charge >= 0.3 is 4.87 Å². The average Bonchev–Trinajstić information content (AvgIpc) is 2.46. The first-order chi connectivity index (χ1) is 6.72. The average molecular weight is 245 g/mol. The SMILES string of the molecule is CC(C)(C)[Si](C)(C)OCc1csc(=O)[nH]1. The number of aromatic amines is 1. The minimum absolute atomic E-state index is 0.0103. The van der Waals surface area contributed by atoms with E-state index < -0.39 is 8.32 Å². The van der Waals surface area contributed by atoms with Crippen molar-refractivity contribution in [1.82, 2.24) is 4.98 Å². The van der Waals surface area contributed by atoms with Gasteiger partial charge in [0.25, 0.3) is 0 Å². The first-order valence-electron chi connectivity index (χ1n) is 5.03. The number of nitrogens with one attached hydrogen (secondary N) is 1. The van der Waals surface area contributed by atoms with Gasteiger partial charge < -0.3 is 9.41 Å². The van der Waals surface area contributed by atoms with E-state index in [-0.39, 0.29) is 9.91 Å². The van der Waals surface area contributed by atoms with Gasteiger partial charge in [0.15, 0.2) is 8.32 Å². The van der Waals surface area contributed by atoms with Gasteiger partial charge in [0.05, 0.1) is 12.3 Å². The standard InChI is InChI=1S/C10H19NO2SSi/c1-10(2,3)15(4,5)13-6-8-7-14-9(12)11-8/h7H,6H2,1-5H3,(H,11,12). The summed E-state index contributed by atoms with van der Waals surface area (Å²) in [5.41, 5.74) is 0.884. The number of thiazole rings is 1. The van der Waals surface area contributed by atoms with Crippen LogP contribution >= 0.6 is 11.3 Å². The Balaban J connectivity index is 2.61. The Morgan fingerprint density at radius 1 is 1.47 bits per heavy atom. The van der Waals surface area contributed by atoms with Crippen molar-refractivity contribution in [3.8, 4) is 0 Å². The molecule has 0 amide bonds. The molecule has 15 heavy (non-hydrogen) atoms. The summed E-state index contributed by atoms with van der Waals surface area (Å²) in [7, 11) is -1.70. The molecular formula is C10H19NO2SSi. The molecule has 1 rings (SSSR count). The van der Waals surface area contributed by atoms with E-state index in [0.717, 1.165) is 5.69 Å². The van der Waals surface area contributed by atoms with E-state index in [0.29, 0.717) is 6.61 Å². The molecule has 0 saturated heterocycles. The molecule has 0 aliphatic carbocycles. The molecule has 0 bridgehead atoms. The number of hydrogen-bond donors (Lipinski definition) is 1. The molecule has 1 aromatic heterocycles. The van der Waals surface area contributed by atoms with Gasteiger partial charge in [0.1, 0.15) is 0 Å². The highest BCUT2D eigenvalue weighted by Gasteiger charge is 2.37. The topological polar surface area (TPSA) is 42.1 Å². The van der Waals surface area contributed by atoms with Crippen LogP contribution < -0.4 is 4.87 Å². The quantitative estimate of drug-likeness (QED) is 0.832. The lowest BCUT2D eigenvalue weighted by Crippen LogP contribution is -2.40. The van der Waals surface area contributed by atoms with Crippen molar-refractivity contribution < 1.29 is 4.43 Å². The maximum atomic E-state index is 10.9. The van der Waals surface area contributed by atoms with Crippen LogP contribution in [0.1, 0.15) is 26.5 Å². The van der Waals surface area contributed by atoms with Crippen molar-refractivity contribution in [3.63, 3.8) is 0 Å². The smallest absolute Gasteiger partial charge is 0.304 e. The van der Waals surface area contributed by atoms with Crippen LogP contribution in [-0.4, -0.2) is 13.3 Å². The predicted molar refractivity (Wildman–Crippen MR) is 66.9 cm³/mol. The lowest BCUT2D eigenvalue weighted by molar-refractivity contribution is 0.272. The second kappa shape index (κ2) is 4.23. The Morgan fingerprint density at radius 2 is 2.07 bits per heavy atom. The van der Waals surface area contributed by atoms with Crippen molar-refractivity contribution in [2.75, 3.05) is 0 Å². The highest BCUT2D eigenvalue weighted by molar-refractivity contribution is 7.07. The molecule has 86 valence electrons. The molecule has 3 nitrogen and oxygen atoms in total. The predicted octanol–water partition coefficient (Wildman–Crippen LogP) is 2.96. The Labute approximate surface area is 95.6 Å². The summed E-state index contributed by atoms with van der Waals surface area (Å²) in [4.78, 5) is 13.7. The molecule has 0 unspecified atom stereocenters. The third-order valence-electron chi connectivity index (χ3n) is 2.97. The van der Waals surface area contributed by atoms with Crippen LogP contribution in [-0.2, 0) is 11.0 Å². The Kier molecular flexibility index (Phi) is 3.58. The normalized spacial score (nSPS) is 13.1. The van der Waals surface area contributed by atoms with Crippen molar-refractivity contribution in [1.29, 1.82) is 0 Å². The summed E-state index contributed by atoms with van der Waals surface area (Å²) in [5, 5.41) is 2.04. The van der Waals surface area contributed by atoms with Gasteiger partial charge in [-0.1, -0.05) is 32.1 Å². The van der Waals surface area contributed by atoms with Crippen molar-refractivity contribution in [3.05, 3.63) is 20.7 Å². The minimum Gasteiger partial charge on any atom is -0.411 e. The van der Waals surface area contributed by atoms with Crippen LogP contribution in [0.15, 0.2) is 10.2 Å². The summed E-state index contributed by atoms with van der Waals surface area (Å²) in [6.07, 6.45) is 0. The molecule has 0 atom stereocenters. The molecule has 0 aromatic carbocycles. The molecule has 0 radical (unpaired) electrons. The second-order valence-electron chi connectivity index (χ2n) is 5.22. The lowest BCUT2D eigenvalue weighted by Gasteiger charge is -2.35. The molecule has 0 spiro atoms. The van der Waals surface area contributed by atoms with E-state index in [1.807, 2.05) is 5.38 Å². The van der Waals surface area contributed by atoms with Crippen LogP contribution in [0.25, 0.3) is 0 Å². The summed E-state index contributed by atoms with van der Waals surface area (Å²) in [5.74, 6) is 0. The van der Waals surface area contributed by atoms with Gasteiger partial charge in [-0.3, -0.25) is 4.79 Å². The van der Waals surface area contributed by atoms with Gasteiger partial charge in [0, 0.05) is 5.38 Å². The largest absolute Gasteiger partial charge is 0.411 e. The number of rotatable bonds is 3. The fraction of sp³-hybridized carbons (Fsp3) is 0.700. The van der Waals surface area contributed by atoms with E-state index in [9.17, 15) is 4.79 Å². The molecule has 0 aliphatic rings. The van der Waals surface area contributed by atoms with E-state index in [1.54, 1.807) is 0 Å². The van der Waals surface area contributed by atoms with Crippen molar-refractivity contribution in [2.24, 2.45) is 0 Å². The number of H-pyrrole nitrogens is 1. The molecule has 5 heteroatoms. The fourth-order valence-corrected chi connectivity index (χ4v) is 2.38. The van der Waals surface area contributed by atoms with Crippen LogP contribution in [0.5, 0.6) is 0 Å². The molecular weight excluding hydrogens is 226 g/mol. The van der Waals surface area contributed by atoms with Crippen molar-refractivity contribution in [2.45, 2.75) is 45.5 Å². The van der Waals surface area contributed by atoms with E-state index in [2.05, 4.69) is 38.8 Å². The fourth-order valence-electron chi connectivity index (χ4n) is 0.859. The third kappa shape index (κ3) is 3.29. The maximum Gasteiger partial charge on any atom is 0.304 e. The summed E-state index contributed by atoms with van der Waals surface area (Å²) in [6.45, 7) is 11.5. The van der Waals surface area contributed by atoms with E-state index >= 15 is 0 Å². The van der Waals surface area contributed by atoms with Gasteiger partial charge in [0.2, 0.25) is 0 Å². The van der Waals surface area contributed by atoms with Crippen LogP contribution in [0.4, 0.5) is 0 Å². The zero-order valence-corrected chi connectivity index (χ0v) is 11.8. The van der Waals surface area contributed by atoms with Crippen LogP contribution in [0.3, 0.4) is 0 Å². The van der Waals surface area contributed by atoms with Gasteiger partial charge in [-0.15, -0.1) is 0 Å². The van der Waals surface area contributed by atoms with Crippen LogP contribution in [0.2, 0.25) is 18.1 Å². The Bertz CT molecular complexity index is 375. The van der Waals surface area contributed by atoms with E-state index in [4.69, 9.17) is 4.43 Å². The third-order valence-corrected chi connectivity index (χ3v) is 8.16. The van der Waals surface area contributed by atoms with Gasteiger partial charge in [-0.05, 0) is 18.1 Å². The number of hydrogen-bond acceptors (Lipinski definition) is 3. The molecule has 0 fully saturated rings. The van der Waals surface area contributed by atoms with E-state index in [1.165, 1.54) is 11.3 Å². The molecule has 0 aliphatic heterocycles. The Morgan fingerprint density at radius 3 is 2.47 bits per heavy atom. The van der Waals surface area contributed by atoms with Crippen molar-refractivity contribution >= 4 is 19.7 Å². The summed E-state index contributed by atoms with van der Waals surface area (Å²) < 4.78 is 5.97. The monoisotopic (exact) mass is 245 g/mol. The molecule has 1 heterocycles. The first kappa shape index (κ1) is 12.7. The molecule has 1 aromatic rings. The molecule has 0 saturated carbocycles. The maximum absolute atomic E-state index is 10.9. The highest BCUT2D eigenvalue weighted by Crippen LogP contribution is 2.36. The van der Waals surface area contributed by atoms with Gasteiger partial charge in [-0.25, -0.2) is 0 Å². The zero-order valence-electron chi connectivity index (χ0n) is 10.0. The lowest BCUT2D eigenvalue weighted by atomic mass is 10.2. The molecule has 1 N–H and O–H groups in total. The first-order valence-corrected chi connectivity index (χ1v) is 8.82. The summed E-state index contributed by atoms with van der Waals surface area (Å²) >= 11 is 1.19. The Hall–Kier alpha value is -0.393.